The molecule has 2 saturated heterocycles. The van der Waals surface area contributed by atoms with Crippen molar-refractivity contribution in [3.8, 4) is 0 Å². The van der Waals surface area contributed by atoms with Crippen LogP contribution in [0.15, 0.2) is 42.6 Å². The lowest BCUT2D eigenvalue weighted by molar-refractivity contribution is -0.132. The maximum atomic E-state index is 13.0. The molecule has 0 radical (unpaired) electrons. The number of amides is 2. The Morgan fingerprint density at radius 3 is 2.53 bits per heavy atom. The summed E-state index contributed by atoms with van der Waals surface area (Å²) in [6, 6.07) is 10.1. The van der Waals surface area contributed by atoms with Gasteiger partial charge in [-0.1, -0.05) is 12.1 Å². The molecule has 4 rings (SSSR count). The zero-order valence-corrected chi connectivity index (χ0v) is 18.3. The zero-order valence-electron chi connectivity index (χ0n) is 18.3. The van der Waals surface area contributed by atoms with E-state index in [0.717, 1.165) is 43.5 Å². The predicted octanol–water partition coefficient (Wildman–Crippen LogP) is 3.47. The third-order valence-electron chi connectivity index (χ3n) is 6.37. The zero-order chi connectivity index (χ0) is 22.3. The SMILES string of the molecule is O=C(NC[C@@H]1CCCO1)c1ccc(C2CCN(C(=O)CCc3ccc(F)cc3)CC2)nc1. The molecule has 170 valence electrons. The van der Waals surface area contributed by atoms with Crippen LogP contribution in [0.25, 0.3) is 0 Å². The smallest absolute Gasteiger partial charge is 0.252 e. The van der Waals surface area contributed by atoms with Gasteiger partial charge in [0.15, 0.2) is 0 Å². The number of piperidine rings is 1. The second-order valence-electron chi connectivity index (χ2n) is 8.60. The topological polar surface area (TPSA) is 71.5 Å². The van der Waals surface area contributed by atoms with Gasteiger partial charge < -0.3 is 15.0 Å². The van der Waals surface area contributed by atoms with Gasteiger partial charge in [0, 0.05) is 50.5 Å². The fourth-order valence-corrected chi connectivity index (χ4v) is 4.38. The molecule has 2 aliphatic heterocycles. The third kappa shape index (κ3) is 5.91. The van der Waals surface area contributed by atoms with E-state index in [9.17, 15) is 14.0 Å². The number of ether oxygens (including phenoxy) is 1. The Kier molecular flexibility index (Phi) is 7.47. The molecule has 2 aliphatic rings. The summed E-state index contributed by atoms with van der Waals surface area (Å²) in [4.78, 5) is 31.3. The molecule has 0 unspecified atom stereocenters. The first-order chi connectivity index (χ1) is 15.6. The summed E-state index contributed by atoms with van der Waals surface area (Å²) in [5, 5.41) is 2.92. The molecule has 1 aromatic carbocycles. The van der Waals surface area contributed by atoms with Gasteiger partial charge in [-0.25, -0.2) is 4.39 Å². The predicted molar refractivity (Wildman–Crippen MR) is 119 cm³/mol. The minimum atomic E-state index is -0.261. The van der Waals surface area contributed by atoms with Crippen molar-refractivity contribution < 1.29 is 18.7 Å². The fraction of sp³-hybridized carbons (Fsp3) is 0.480. The lowest BCUT2D eigenvalue weighted by atomic mass is 9.92. The molecule has 7 heteroatoms. The van der Waals surface area contributed by atoms with Gasteiger partial charge in [0.1, 0.15) is 5.82 Å². The maximum absolute atomic E-state index is 13.0. The molecule has 0 aliphatic carbocycles. The molecule has 1 aromatic heterocycles. The van der Waals surface area contributed by atoms with E-state index < -0.39 is 0 Å². The summed E-state index contributed by atoms with van der Waals surface area (Å²) >= 11 is 0. The van der Waals surface area contributed by atoms with E-state index in [1.807, 2.05) is 17.0 Å². The van der Waals surface area contributed by atoms with Crippen LogP contribution in [0.2, 0.25) is 0 Å². The Morgan fingerprint density at radius 1 is 1.09 bits per heavy atom. The van der Waals surface area contributed by atoms with Crippen LogP contribution in [-0.4, -0.2) is 54.0 Å². The quantitative estimate of drug-likeness (QED) is 0.717. The van der Waals surface area contributed by atoms with E-state index >= 15 is 0 Å². The van der Waals surface area contributed by atoms with E-state index in [4.69, 9.17) is 4.74 Å². The van der Waals surface area contributed by atoms with Crippen LogP contribution in [0.5, 0.6) is 0 Å². The van der Waals surface area contributed by atoms with Crippen molar-refractivity contribution in [3.63, 3.8) is 0 Å². The van der Waals surface area contributed by atoms with Crippen molar-refractivity contribution in [1.29, 1.82) is 0 Å². The average Bonchev–Trinajstić information content (AvgIpc) is 3.36. The van der Waals surface area contributed by atoms with Crippen molar-refractivity contribution >= 4 is 11.8 Å². The number of nitrogens with one attached hydrogen (secondary N) is 1. The number of hydrogen-bond donors (Lipinski definition) is 1. The van der Waals surface area contributed by atoms with Crippen LogP contribution in [0.1, 0.15) is 59.6 Å². The number of benzene rings is 1. The van der Waals surface area contributed by atoms with Crippen LogP contribution in [0.4, 0.5) is 4.39 Å². The molecule has 1 atom stereocenters. The second-order valence-corrected chi connectivity index (χ2v) is 8.60. The molecule has 0 bridgehead atoms. The summed E-state index contributed by atoms with van der Waals surface area (Å²) in [6.45, 7) is 2.72. The number of rotatable bonds is 7. The molecule has 6 nitrogen and oxygen atoms in total. The third-order valence-corrected chi connectivity index (χ3v) is 6.37. The minimum absolute atomic E-state index is 0.120. The molecule has 0 saturated carbocycles. The maximum Gasteiger partial charge on any atom is 0.252 e. The van der Waals surface area contributed by atoms with Gasteiger partial charge >= 0.3 is 0 Å². The van der Waals surface area contributed by atoms with Crippen molar-refractivity contribution in [2.45, 2.75) is 50.5 Å². The first-order valence-corrected chi connectivity index (χ1v) is 11.5. The van der Waals surface area contributed by atoms with E-state index in [1.165, 1.54) is 12.1 Å². The van der Waals surface area contributed by atoms with Gasteiger partial charge in [-0.15, -0.1) is 0 Å². The van der Waals surface area contributed by atoms with Crippen LogP contribution in [0, 0.1) is 5.82 Å². The average molecular weight is 440 g/mol. The van der Waals surface area contributed by atoms with Crippen LogP contribution < -0.4 is 5.32 Å². The number of halogens is 1. The van der Waals surface area contributed by atoms with Crippen molar-refractivity contribution in [3.05, 3.63) is 65.2 Å². The van der Waals surface area contributed by atoms with Gasteiger partial charge in [0.25, 0.3) is 5.91 Å². The summed E-state index contributed by atoms with van der Waals surface area (Å²) in [5.41, 5.74) is 2.50. The second kappa shape index (κ2) is 10.7. The number of aryl methyl sites for hydroxylation is 1. The molecule has 32 heavy (non-hydrogen) atoms. The molecular weight excluding hydrogens is 409 g/mol. The summed E-state index contributed by atoms with van der Waals surface area (Å²) in [7, 11) is 0. The Morgan fingerprint density at radius 2 is 1.88 bits per heavy atom. The lowest BCUT2D eigenvalue weighted by Crippen LogP contribution is -2.38. The van der Waals surface area contributed by atoms with E-state index in [2.05, 4.69) is 10.3 Å². The molecule has 2 fully saturated rings. The lowest BCUT2D eigenvalue weighted by Gasteiger charge is -2.32. The van der Waals surface area contributed by atoms with Crippen LogP contribution in [-0.2, 0) is 16.0 Å². The molecule has 1 N–H and O–H groups in total. The molecule has 2 amide bonds. The number of hydrogen-bond acceptors (Lipinski definition) is 4. The Labute approximate surface area is 188 Å². The Balaban J connectivity index is 1.21. The number of nitrogens with zero attached hydrogens (tertiary/aromatic N) is 2. The summed E-state index contributed by atoms with van der Waals surface area (Å²) in [6.07, 6.45) is 6.58. The first kappa shape index (κ1) is 22.4. The fourth-order valence-electron chi connectivity index (χ4n) is 4.38. The van der Waals surface area contributed by atoms with Crippen molar-refractivity contribution in [2.75, 3.05) is 26.2 Å². The van der Waals surface area contributed by atoms with E-state index in [1.54, 1.807) is 18.3 Å². The van der Waals surface area contributed by atoms with Gasteiger partial charge in [-0.2, -0.15) is 0 Å². The highest BCUT2D eigenvalue weighted by Gasteiger charge is 2.24. The highest BCUT2D eigenvalue weighted by Crippen LogP contribution is 2.27. The van der Waals surface area contributed by atoms with Gasteiger partial charge in [0.2, 0.25) is 5.91 Å². The summed E-state index contributed by atoms with van der Waals surface area (Å²) < 4.78 is 18.5. The minimum Gasteiger partial charge on any atom is -0.376 e. The normalized spacial score (nSPS) is 19.2. The standard InChI is InChI=1S/C25H30FN3O3/c26-21-7-3-18(4-8-21)5-10-24(30)29-13-11-19(12-14-29)23-9-6-20(16-27-23)25(31)28-17-22-2-1-15-32-22/h3-4,6-9,16,19,22H,1-2,5,10-15,17H2,(H,28,31)/t22-/m0/s1. The van der Waals surface area contributed by atoms with E-state index in [-0.39, 0.29) is 23.7 Å². The number of carbonyl (C=O) groups excluding carboxylic acids is 2. The van der Waals surface area contributed by atoms with Crippen molar-refractivity contribution in [2.24, 2.45) is 0 Å². The first-order valence-electron chi connectivity index (χ1n) is 11.5. The molecule has 2 aromatic rings. The Hall–Kier alpha value is -2.80. The Bertz CT molecular complexity index is 903. The van der Waals surface area contributed by atoms with Gasteiger partial charge in [-0.3, -0.25) is 14.6 Å². The number of pyridine rings is 1. The molecule has 0 spiro atoms. The summed E-state index contributed by atoms with van der Waals surface area (Å²) in [5.74, 6) is 0.0448. The monoisotopic (exact) mass is 439 g/mol. The largest absolute Gasteiger partial charge is 0.376 e. The number of aromatic nitrogens is 1. The highest BCUT2D eigenvalue weighted by atomic mass is 19.1. The van der Waals surface area contributed by atoms with Crippen LogP contribution >= 0.6 is 0 Å². The van der Waals surface area contributed by atoms with Crippen LogP contribution in [0.3, 0.4) is 0 Å². The molecular formula is C25H30FN3O3. The van der Waals surface area contributed by atoms with Gasteiger partial charge in [-0.05, 0) is 61.9 Å². The van der Waals surface area contributed by atoms with E-state index in [0.29, 0.717) is 44.0 Å². The van der Waals surface area contributed by atoms with Gasteiger partial charge in [0.05, 0.1) is 11.7 Å². The van der Waals surface area contributed by atoms with Crippen molar-refractivity contribution in [1.82, 2.24) is 15.2 Å². The number of carbonyl (C=O) groups is 2. The number of likely N-dealkylation sites (tertiary alicyclic amines) is 1. The molecule has 3 heterocycles. The highest BCUT2D eigenvalue weighted by molar-refractivity contribution is 5.93.